The van der Waals surface area contributed by atoms with Crippen molar-refractivity contribution in [1.82, 2.24) is 15.5 Å². The molecule has 1 aromatic heterocycles. The summed E-state index contributed by atoms with van der Waals surface area (Å²) in [4.78, 5) is 12.1. The monoisotopic (exact) mass is 322 g/mol. The number of nitrogens with zero attached hydrogens (tertiary/aromatic N) is 1. The van der Waals surface area contributed by atoms with Crippen LogP contribution >= 0.6 is 15.9 Å². The fourth-order valence-corrected chi connectivity index (χ4v) is 2.18. The molecule has 0 atom stereocenters. The first-order valence-corrected chi connectivity index (χ1v) is 6.62. The smallest absolute Gasteiger partial charge is 0.253 e. The molecule has 0 fully saturated rings. The molecule has 4 N–H and O–H groups in total. The molecule has 1 aromatic carbocycles. The first kappa shape index (κ1) is 13.6. The molecule has 0 radical (unpaired) electrons. The maximum absolute atomic E-state index is 12.1. The predicted octanol–water partition coefficient (Wildman–Crippen LogP) is 2.30. The molecule has 0 unspecified atom stereocenters. The van der Waals surface area contributed by atoms with Crippen LogP contribution < -0.4 is 11.1 Å². The van der Waals surface area contributed by atoms with Crippen molar-refractivity contribution in [3.8, 4) is 0 Å². The molecule has 1 heterocycles. The van der Waals surface area contributed by atoms with Gasteiger partial charge in [0.05, 0.1) is 11.3 Å². The van der Waals surface area contributed by atoms with Crippen LogP contribution in [0.2, 0.25) is 0 Å². The molecule has 0 aliphatic rings. The van der Waals surface area contributed by atoms with E-state index >= 15 is 0 Å². The van der Waals surface area contributed by atoms with Crippen molar-refractivity contribution < 1.29 is 4.79 Å². The summed E-state index contributed by atoms with van der Waals surface area (Å²) < 4.78 is 0.822. The van der Waals surface area contributed by atoms with E-state index in [1.807, 2.05) is 13.8 Å². The summed E-state index contributed by atoms with van der Waals surface area (Å²) >= 11 is 3.33. The molecule has 0 bridgehead atoms. The van der Waals surface area contributed by atoms with Gasteiger partial charge in [-0.05, 0) is 32.0 Å². The van der Waals surface area contributed by atoms with Crippen LogP contribution in [0.5, 0.6) is 0 Å². The average molecular weight is 323 g/mol. The number of aromatic amines is 1. The summed E-state index contributed by atoms with van der Waals surface area (Å²) in [5.41, 5.74) is 9.57. The van der Waals surface area contributed by atoms with Crippen LogP contribution in [0.15, 0.2) is 22.7 Å². The van der Waals surface area contributed by atoms with Crippen LogP contribution in [0.25, 0.3) is 0 Å². The number of H-pyrrole nitrogens is 1. The Morgan fingerprint density at radius 3 is 2.84 bits per heavy atom. The number of anilines is 1. The number of carbonyl (C=O) groups is 1. The Morgan fingerprint density at radius 1 is 1.47 bits per heavy atom. The summed E-state index contributed by atoms with van der Waals surface area (Å²) in [6.45, 7) is 4.26. The van der Waals surface area contributed by atoms with Crippen LogP contribution in [0.4, 0.5) is 5.69 Å². The second-order valence-electron chi connectivity index (χ2n) is 4.33. The molecule has 0 aliphatic carbocycles. The third-order valence-electron chi connectivity index (χ3n) is 2.97. The van der Waals surface area contributed by atoms with Gasteiger partial charge in [-0.2, -0.15) is 5.10 Å². The lowest BCUT2D eigenvalue weighted by molar-refractivity contribution is 0.0951. The Morgan fingerprint density at radius 2 is 2.21 bits per heavy atom. The van der Waals surface area contributed by atoms with Crippen molar-refractivity contribution in [3.05, 3.63) is 45.2 Å². The highest BCUT2D eigenvalue weighted by molar-refractivity contribution is 9.10. The van der Waals surface area contributed by atoms with Gasteiger partial charge < -0.3 is 11.1 Å². The van der Waals surface area contributed by atoms with Crippen molar-refractivity contribution in [1.29, 1.82) is 0 Å². The van der Waals surface area contributed by atoms with Gasteiger partial charge in [-0.15, -0.1) is 0 Å². The fraction of sp³-hybridized carbons (Fsp3) is 0.231. The van der Waals surface area contributed by atoms with Gasteiger partial charge in [0.15, 0.2) is 0 Å². The first-order valence-electron chi connectivity index (χ1n) is 5.82. The van der Waals surface area contributed by atoms with Crippen LogP contribution in [0, 0.1) is 13.8 Å². The van der Waals surface area contributed by atoms with E-state index in [0.29, 0.717) is 17.8 Å². The minimum Gasteiger partial charge on any atom is -0.398 e. The van der Waals surface area contributed by atoms with Gasteiger partial charge in [0.1, 0.15) is 0 Å². The van der Waals surface area contributed by atoms with Crippen molar-refractivity contribution in [2.45, 2.75) is 20.4 Å². The SMILES string of the molecule is Cc1n[nH]c(C)c1CNC(=O)c1cc(Br)ccc1N. The van der Waals surface area contributed by atoms with Crippen molar-refractivity contribution in [2.24, 2.45) is 0 Å². The van der Waals surface area contributed by atoms with E-state index in [0.717, 1.165) is 21.4 Å². The van der Waals surface area contributed by atoms with Gasteiger partial charge in [0.2, 0.25) is 0 Å². The molecule has 2 rings (SSSR count). The highest BCUT2D eigenvalue weighted by Crippen LogP contribution is 2.18. The Balaban J connectivity index is 2.12. The zero-order valence-corrected chi connectivity index (χ0v) is 12.3. The first-order chi connectivity index (χ1) is 8.99. The molecule has 19 heavy (non-hydrogen) atoms. The van der Waals surface area contributed by atoms with E-state index in [4.69, 9.17) is 5.73 Å². The summed E-state index contributed by atoms with van der Waals surface area (Å²) in [6.07, 6.45) is 0. The second-order valence-corrected chi connectivity index (χ2v) is 5.24. The van der Waals surface area contributed by atoms with Gasteiger partial charge in [-0.25, -0.2) is 0 Å². The highest BCUT2D eigenvalue weighted by atomic mass is 79.9. The molecular formula is C13H15BrN4O. The standard InChI is InChI=1S/C13H15BrN4O/c1-7-11(8(2)18-17-7)6-16-13(19)10-5-9(14)3-4-12(10)15/h3-5H,6,15H2,1-2H3,(H,16,19)(H,17,18). The molecule has 5 nitrogen and oxygen atoms in total. The number of halogens is 1. The summed E-state index contributed by atoms with van der Waals surface area (Å²) in [5.74, 6) is -0.196. The summed E-state index contributed by atoms with van der Waals surface area (Å²) in [5, 5.41) is 9.83. The van der Waals surface area contributed by atoms with Gasteiger partial charge >= 0.3 is 0 Å². The number of nitrogens with two attached hydrogens (primary N) is 1. The lowest BCUT2D eigenvalue weighted by Gasteiger charge is -2.08. The maximum Gasteiger partial charge on any atom is 0.253 e. The Kier molecular flexibility index (Phi) is 3.90. The predicted molar refractivity (Wildman–Crippen MR) is 77.8 cm³/mol. The van der Waals surface area contributed by atoms with Crippen molar-refractivity contribution in [2.75, 3.05) is 5.73 Å². The molecular weight excluding hydrogens is 308 g/mol. The lowest BCUT2D eigenvalue weighted by atomic mass is 10.1. The minimum absolute atomic E-state index is 0.196. The van der Waals surface area contributed by atoms with Gasteiger partial charge in [0, 0.05) is 28.0 Å². The number of hydrogen-bond acceptors (Lipinski definition) is 3. The Bertz CT molecular complexity index is 602. The summed E-state index contributed by atoms with van der Waals surface area (Å²) in [6, 6.07) is 5.21. The molecule has 0 saturated carbocycles. The van der Waals surface area contributed by atoms with Crippen LogP contribution in [0.3, 0.4) is 0 Å². The molecule has 1 amide bonds. The number of rotatable bonds is 3. The van der Waals surface area contributed by atoms with E-state index in [1.165, 1.54) is 0 Å². The normalized spacial score (nSPS) is 10.5. The second kappa shape index (κ2) is 5.44. The van der Waals surface area contributed by atoms with Crippen molar-refractivity contribution in [3.63, 3.8) is 0 Å². The zero-order valence-electron chi connectivity index (χ0n) is 10.7. The van der Waals surface area contributed by atoms with Crippen molar-refractivity contribution >= 4 is 27.5 Å². The number of nitrogen functional groups attached to an aromatic ring is 1. The van der Waals surface area contributed by atoms with E-state index in [2.05, 4.69) is 31.4 Å². The number of nitrogens with one attached hydrogen (secondary N) is 2. The van der Waals surface area contributed by atoms with Gasteiger partial charge in [0.25, 0.3) is 5.91 Å². The van der Waals surface area contributed by atoms with Crippen LogP contribution in [-0.2, 0) is 6.54 Å². The zero-order chi connectivity index (χ0) is 14.0. The highest BCUT2D eigenvalue weighted by Gasteiger charge is 2.12. The third kappa shape index (κ3) is 2.96. The van der Waals surface area contributed by atoms with E-state index in [-0.39, 0.29) is 5.91 Å². The van der Waals surface area contributed by atoms with Gasteiger partial charge in [-0.3, -0.25) is 9.89 Å². The largest absolute Gasteiger partial charge is 0.398 e. The van der Waals surface area contributed by atoms with Gasteiger partial charge in [-0.1, -0.05) is 15.9 Å². The van der Waals surface area contributed by atoms with E-state index in [9.17, 15) is 4.79 Å². The number of aromatic nitrogens is 2. The fourth-order valence-electron chi connectivity index (χ4n) is 1.82. The lowest BCUT2D eigenvalue weighted by Crippen LogP contribution is -2.24. The molecule has 0 aliphatic heterocycles. The minimum atomic E-state index is -0.196. The van der Waals surface area contributed by atoms with E-state index < -0.39 is 0 Å². The van der Waals surface area contributed by atoms with Crippen LogP contribution in [0.1, 0.15) is 27.3 Å². The summed E-state index contributed by atoms with van der Waals surface area (Å²) in [7, 11) is 0. The van der Waals surface area contributed by atoms with Crippen LogP contribution in [-0.4, -0.2) is 16.1 Å². The topological polar surface area (TPSA) is 83.8 Å². The number of aryl methyl sites for hydroxylation is 2. The molecule has 2 aromatic rings. The van der Waals surface area contributed by atoms with E-state index in [1.54, 1.807) is 18.2 Å². The molecule has 100 valence electrons. The average Bonchev–Trinajstić information content (AvgIpc) is 2.69. The number of carbonyl (C=O) groups excluding carboxylic acids is 1. The quantitative estimate of drug-likeness (QED) is 0.758. The Labute approximate surface area is 119 Å². The Hall–Kier alpha value is -1.82. The third-order valence-corrected chi connectivity index (χ3v) is 3.46. The number of amides is 1. The molecule has 6 heteroatoms. The number of benzene rings is 1. The molecule has 0 saturated heterocycles. The maximum atomic E-state index is 12.1. The number of hydrogen-bond donors (Lipinski definition) is 3. The molecule has 0 spiro atoms.